The summed E-state index contributed by atoms with van der Waals surface area (Å²) in [6, 6.07) is 0.0409. The van der Waals surface area contributed by atoms with Crippen LogP contribution in [0.1, 0.15) is 46.0 Å². The second kappa shape index (κ2) is 4.68. The number of aliphatic hydroxyl groups excluding tert-OH is 2. The van der Waals surface area contributed by atoms with Gasteiger partial charge in [-0.2, -0.15) is 0 Å². The third-order valence-electron chi connectivity index (χ3n) is 9.91. The topological polar surface area (TPSA) is 79.1 Å². The van der Waals surface area contributed by atoms with Gasteiger partial charge in [0.2, 0.25) is 0 Å². The lowest BCUT2D eigenvalue weighted by Gasteiger charge is -2.67. The van der Waals surface area contributed by atoms with Crippen LogP contribution in [-0.2, 0) is 9.53 Å². The molecule has 1 heterocycles. The van der Waals surface area contributed by atoms with E-state index in [2.05, 4.69) is 19.7 Å². The highest BCUT2D eigenvalue weighted by atomic mass is 16.5. The molecule has 7 bridgehead atoms. The lowest BCUT2D eigenvalue weighted by molar-refractivity contribution is -0.241. The Balaban J connectivity index is 1.60. The number of carbonyl (C=O) groups is 1. The van der Waals surface area contributed by atoms with E-state index >= 15 is 0 Å². The van der Waals surface area contributed by atoms with Crippen LogP contribution in [-0.4, -0.2) is 46.8 Å². The summed E-state index contributed by atoms with van der Waals surface area (Å²) in [4.78, 5) is 17.1. The fourth-order valence-corrected chi connectivity index (χ4v) is 9.30. The average molecular weight is 371 g/mol. The molecule has 0 saturated heterocycles. The summed E-state index contributed by atoms with van der Waals surface area (Å²) < 4.78 is 5.96. The molecule has 6 saturated carbocycles. The highest BCUT2D eigenvalue weighted by molar-refractivity contribution is 5.71. The highest BCUT2D eigenvalue weighted by Crippen LogP contribution is 2.82. The monoisotopic (exact) mass is 371 g/mol. The van der Waals surface area contributed by atoms with Gasteiger partial charge in [0.15, 0.2) is 0 Å². The normalized spacial score (nSPS) is 61.9. The number of fused-ring (bicyclic) bond motifs is 2. The van der Waals surface area contributed by atoms with Crippen LogP contribution in [0.3, 0.4) is 0 Å². The quantitative estimate of drug-likeness (QED) is 0.547. The molecular weight excluding hydrogens is 342 g/mol. The molecule has 1 aliphatic heterocycles. The van der Waals surface area contributed by atoms with Crippen molar-refractivity contribution in [2.75, 3.05) is 0 Å². The molecule has 0 aromatic rings. The number of carbonyl (C=O) groups excluding carboxylic acids is 1. The Hall–Kier alpha value is -1.20. The maximum absolute atomic E-state index is 12.0. The molecule has 146 valence electrons. The number of rotatable bonds is 1. The van der Waals surface area contributed by atoms with Gasteiger partial charge in [-0.05, 0) is 49.5 Å². The molecule has 5 nitrogen and oxygen atoms in total. The van der Waals surface area contributed by atoms with Crippen molar-refractivity contribution in [1.29, 1.82) is 0 Å². The van der Waals surface area contributed by atoms with Gasteiger partial charge in [-0.1, -0.05) is 13.5 Å². The largest absolute Gasteiger partial charge is 0.462 e. The SMILES string of the molecule is C=C1[C@H]2CC[C@@]3([C@@H]1O)[C@@H]([C@H]2O)[C@@]12[C@@H](OC(C)=O)CC[C@@]4(C)C=N[C@@H]1[C@@H]3C[C@@H]24. The molecule has 2 N–H and O–H groups in total. The molecule has 27 heavy (non-hydrogen) atoms. The summed E-state index contributed by atoms with van der Waals surface area (Å²) in [7, 11) is 0. The summed E-state index contributed by atoms with van der Waals surface area (Å²) in [5, 5.41) is 22.9. The van der Waals surface area contributed by atoms with Crippen LogP contribution < -0.4 is 0 Å². The minimum atomic E-state index is -0.572. The van der Waals surface area contributed by atoms with Gasteiger partial charge in [-0.15, -0.1) is 0 Å². The third-order valence-corrected chi connectivity index (χ3v) is 9.91. The summed E-state index contributed by atoms with van der Waals surface area (Å²) in [5.74, 6) is 0.255. The van der Waals surface area contributed by atoms with Crippen molar-refractivity contribution in [1.82, 2.24) is 0 Å². The van der Waals surface area contributed by atoms with Gasteiger partial charge in [-0.25, -0.2) is 0 Å². The molecule has 0 amide bonds. The zero-order valence-corrected chi connectivity index (χ0v) is 16.1. The van der Waals surface area contributed by atoms with E-state index < -0.39 is 12.2 Å². The number of hydrogen-bond acceptors (Lipinski definition) is 5. The Labute approximate surface area is 159 Å². The molecule has 7 rings (SSSR count). The van der Waals surface area contributed by atoms with E-state index in [1.165, 1.54) is 6.92 Å². The highest BCUT2D eigenvalue weighted by Gasteiger charge is 2.85. The molecule has 0 radical (unpaired) electrons. The van der Waals surface area contributed by atoms with Crippen molar-refractivity contribution in [2.24, 2.45) is 44.9 Å². The second-order valence-corrected chi connectivity index (χ2v) is 10.5. The van der Waals surface area contributed by atoms with E-state index in [0.717, 1.165) is 37.7 Å². The zero-order chi connectivity index (χ0) is 18.9. The smallest absolute Gasteiger partial charge is 0.302 e. The molecule has 2 spiro atoms. The van der Waals surface area contributed by atoms with Gasteiger partial charge in [0.05, 0.1) is 18.2 Å². The number of ether oxygens (including phenoxy) is 1. The molecular formula is C22H29NO4. The lowest BCUT2D eigenvalue weighted by atomic mass is 9.39. The van der Waals surface area contributed by atoms with Gasteiger partial charge in [-0.3, -0.25) is 9.79 Å². The maximum atomic E-state index is 12.0. The first-order valence-corrected chi connectivity index (χ1v) is 10.5. The van der Waals surface area contributed by atoms with Crippen molar-refractivity contribution < 1.29 is 19.7 Å². The Morgan fingerprint density at radius 2 is 2.11 bits per heavy atom. The van der Waals surface area contributed by atoms with Crippen molar-refractivity contribution in [3.8, 4) is 0 Å². The lowest BCUT2D eigenvalue weighted by Crippen LogP contribution is -2.70. The second-order valence-electron chi connectivity index (χ2n) is 10.5. The number of aliphatic hydroxyl groups is 2. The van der Waals surface area contributed by atoms with Gasteiger partial charge < -0.3 is 14.9 Å². The van der Waals surface area contributed by atoms with E-state index in [-0.39, 0.29) is 52.1 Å². The van der Waals surface area contributed by atoms with Crippen LogP contribution in [0.25, 0.3) is 0 Å². The molecule has 0 aromatic heterocycles. The number of aliphatic imine (C=N–C) groups is 1. The maximum Gasteiger partial charge on any atom is 0.302 e. The first-order chi connectivity index (χ1) is 12.8. The molecule has 0 aromatic carbocycles. The molecule has 7 aliphatic rings. The van der Waals surface area contributed by atoms with E-state index in [9.17, 15) is 15.0 Å². The zero-order valence-electron chi connectivity index (χ0n) is 16.1. The van der Waals surface area contributed by atoms with Gasteiger partial charge in [0, 0.05) is 41.2 Å². The average Bonchev–Trinajstić information content (AvgIpc) is 3.02. The first-order valence-electron chi connectivity index (χ1n) is 10.5. The predicted molar refractivity (Wildman–Crippen MR) is 99.0 cm³/mol. The molecule has 11 atom stereocenters. The van der Waals surface area contributed by atoms with E-state index in [4.69, 9.17) is 9.73 Å². The Morgan fingerprint density at radius 3 is 2.85 bits per heavy atom. The predicted octanol–water partition coefficient (Wildman–Crippen LogP) is 2.11. The van der Waals surface area contributed by atoms with Crippen molar-refractivity contribution in [3.63, 3.8) is 0 Å². The Kier molecular flexibility index (Phi) is 2.90. The summed E-state index contributed by atoms with van der Waals surface area (Å²) in [5.41, 5.74) is 0.125. The van der Waals surface area contributed by atoms with Gasteiger partial charge in [0.1, 0.15) is 6.10 Å². The van der Waals surface area contributed by atoms with Crippen LogP contribution in [0, 0.1) is 39.9 Å². The summed E-state index contributed by atoms with van der Waals surface area (Å²) >= 11 is 0. The minimum Gasteiger partial charge on any atom is -0.462 e. The minimum absolute atomic E-state index is 0.00187. The van der Waals surface area contributed by atoms with Crippen molar-refractivity contribution >= 4 is 12.2 Å². The van der Waals surface area contributed by atoms with Crippen molar-refractivity contribution in [3.05, 3.63) is 12.2 Å². The summed E-state index contributed by atoms with van der Waals surface area (Å²) in [6.07, 6.45) is 5.49. The van der Waals surface area contributed by atoms with E-state index in [1.807, 2.05) is 0 Å². The fraction of sp³-hybridized carbons (Fsp3) is 0.818. The standard InChI is InChI=1S/C22H29NO4/c1-10-12-4-7-21(19(10)26)13-8-14-20(3)6-5-15(27-11(2)24)22(14,17(21)16(12)25)18(13)23-9-20/h9,12-19,25-26H,1,4-8H2,2-3H3/t12-,13+,14-,15+,16+,17-,18-,19-,20+,21+,22-/m1/s1. The van der Waals surface area contributed by atoms with Crippen LogP contribution in [0.4, 0.5) is 0 Å². The fourth-order valence-electron chi connectivity index (χ4n) is 9.30. The van der Waals surface area contributed by atoms with Crippen LogP contribution in [0.5, 0.6) is 0 Å². The van der Waals surface area contributed by atoms with Crippen molar-refractivity contribution in [2.45, 2.75) is 70.3 Å². The first kappa shape index (κ1) is 16.7. The Morgan fingerprint density at radius 1 is 1.33 bits per heavy atom. The summed E-state index contributed by atoms with van der Waals surface area (Å²) in [6.45, 7) is 7.96. The van der Waals surface area contributed by atoms with E-state index in [1.54, 1.807) is 0 Å². The number of nitrogens with zero attached hydrogens (tertiary/aromatic N) is 1. The molecule has 5 heteroatoms. The van der Waals surface area contributed by atoms with Gasteiger partial charge in [0.25, 0.3) is 0 Å². The van der Waals surface area contributed by atoms with Gasteiger partial charge >= 0.3 is 5.97 Å². The third kappa shape index (κ3) is 1.50. The number of hydrogen-bond donors (Lipinski definition) is 2. The Bertz CT molecular complexity index is 793. The molecule has 6 fully saturated rings. The number of esters is 1. The molecule has 0 unspecified atom stereocenters. The van der Waals surface area contributed by atoms with E-state index in [0.29, 0.717) is 5.92 Å². The van der Waals surface area contributed by atoms with Crippen LogP contribution in [0.15, 0.2) is 17.1 Å². The van der Waals surface area contributed by atoms with Crippen LogP contribution in [0.2, 0.25) is 0 Å². The molecule has 6 aliphatic carbocycles. The van der Waals surface area contributed by atoms with Crippen LogP contribution >= 0.6 is 0 Å².